The maximum atomic E-state index is 11.9. The second-order valence-corrected chi connectivity index (χ2v) is 4.99. The van der Waals surface area contributed by atoms with E-state index in [4.69, 9.17) is 8.94 Å². The molecule has 0 aliphatic carbocycles. The molecule has 0 fully saturated rings. The number of hydrogen-bond acceptors (Lipinski definition) is 4. The van der Waals surface area contributed by atoms with Crippen LogP contribution in [0.2, 0.25) is 0 Å². The molecule has 0 radical (unpaired) electrons. The molecular formula is C13H15BrN2O3. The minimum Gasteiger partial charge on any atom is -0.444 e. The van der Waals surface area contributed by atoms with Crippen molar-refractivity contribution in [1.29, 1.82) is 0 Å². The molecule has 2 aromatic heterocycles. The van der Waals surface area contributed by atoms with Gasteiger partial charge in [-0.1, -0.05) is 12.1 Å². The number of carbonyl (C=O) groups excluding carboxylic acids is 1. The highest BCUT2D eigenvalue weighted by molar-refractivity contribution is 9.10. The van der Waals surface area contributed by atoms with Crippen LogP contribution in [0, 0.1) is 13.8 Å². The largest absolute Gasteiger partial charge is 0.444 e. The van der Waals surface area contributed by atoms with Gasteiger partial charge in [-0.25, -0.2) is 0 Å². The van der Waals surface area contributed by atoms with Crippen molar-refractivity contribution < 1.29 is 13.7 Å². The van der Waals surface area contributed by atoms with Crippen LogP contribution >= 0.6 is 15.9 Å². The number of furan rings is 1. The van der Waals surface area contributed by atoms with E-state index in [1.807, 2.05) is 20.8 Å². The molecule has 0 spiro atoms. The average molecular weight is 327 g/mol. The van der Waals surface area contributed by atoms with Gasteiger partial charge >= 0.3 is 0 Å². The van der Waals surface area contributed by atoms with E-state index in [1.54, 1.807) is 6.07 Å². The van der Waals surface area contributed by atoms with Crippen LogP contribution in [0.25, 0.3) is 0 Å². The lowest BCUT2D eigenvalue weighted by atomic mass is 10.1. The summed E-state index contributed by atoms with van der Waals surface area (Å²) in [5.74, 6) is 0.766. The van der Waals surface area contributed by atoms with Crippen molar-refractivity contribution in [2.75, 3.05) is 0 Å². The summed E-state index contributed by atoms with van der Waals surface area (Å²) in [7, 11) is 0. The number of aromatic nitrogens is 1. The van der Waals surface area contributed by atoms with Gasteiger partial charge in [0, 0.05) is 17.7 Å². The molecule has 2 rings (SSSR count). The average Bonchev–Trinajstić information content (AvgIpc) is 2.90. The monoisotopic (exact) mass is 326 g/mol. The summed E-state index contributed by atoms with van der Waals surface area (Å²) in [6.07, 6.45) is 0.772. The zero-order valence-electron chi connectivity index (χ0n) is 11.0. The van der Waals surface area contributed by atoms with Gasteiger partial charge in [-0.2, -0.15) is 0 Å². The van der Waals surface area contributed by atoms with Crippen molar-refractivity contribution in [3.63, 3.8) is 0 Å². The van der Waals surface area contributed by atoms with Crippen LogP contribution in [0.5, 0.6) is 0 Å². The predicted octanol–water partition coefficient (Wildman–Crippen LogP) is 3.14. The summed E-state index contributed by atoms with van der Waals surface area (Å²) in [4.78, 5) is 11.9. The first-order chi connectivity index (χ1) is 9.02. The zero-order valence-corrected chi connectivity index (χ0v) is 12.6. The Balaban J connectivity index is 2.06. The first-order valence-corrected chi connectivity index (χ1v) is 6.80. The Bertz CT molecular complexity index is 582. The smallest absolute Gasteiger partial charge is 0.287 e. The quantitative estimate of drug-likeness (QED) is 0.937. The van der Waals surface area contributed by atoms with E-state index in [0.717, 1.165) is 29.0 Å². The molecule has 19 heavy (non-hydrogen) atoms. The SMILES string of the molecule is CCc1noc(C)c1CNC(=O)c1cc(C)c(Br)o1. The fourth-order valence-corrected chi connectivity index (χ4v) is 2.06. The summed E-state index contributed by atoms with van der Waals surface area (Å²) in [5.41, 5.74) is 2.69. The number of amides is 1. The van der Waals surface area contributed by atoms with Crippen LogP contribution in [-0.4, -0.2) is 11.1 Å². The molecule has 0 aliphatic heterocycles. The minimum atomic E-state index is -0.253. The van der Waals surface area contributed by atoms with Gasteiger partial charge in [0.15, 0.2) is 10.4 Å². The van der Waals surface area contributed by atoms with Crippen LogP contribution in [0.4, 0.5) is 0 Å². The summed E-state index contributed by atoms with van der Waals surface area (Å²) in [6.45, 7) is 6.08. The van der Waals surface area contributed by atoms with E-state index < -0.39 is 0 Å². The lowest BCUT2D eigenvalue weighted by molar-refractivity contribution is 0.0921. The van der Waals surface area contributed by atoms with E-state index in [-0.39, 0.29) is 11.7 Å². The van der Waals surface area contributed by atoms with Crippen LogP contribution < -0.4 is 5.32 Å². The molecule has 6 heteroatoms. The van der Waals surface area contributed by atoms with Gasteiger partial charge in [-0.05, 0) is 42.3 Å². The van der Waals surface area contributed by atoms with Crippen LogP contribution in [-0.2, 0) is 13.0 Å². The van der Waals surface area contributed by atoms with Crippen molar-refractivity contribution in [2.24, 2.45) is 0 Å². The van der Waals surface area contributed by atoms with Crippen molar-refractivity contribution >= 4 is 21.8 Å². The standard InChI is InChI=1S/C13H15BrN2O3/c1-4-10-9(8(3)19-16-10)6-15-13(17)11-5-7(2)12(14)18-11/h5H,4,6H2,1-3H3,(H,15,17). The Hall–Kier alpha value is -1.56. The van der Waals surface area contributed by atoms with Crippen LogP contribution in [0.3, 0.4) is 0 Å². The van der Waals surface area contributed by atoms with Crippen molar-refractivity contribution in [2.45, 2.75) is 33.7 Å². The van der Waals surface area contributed by atoms with E-state index in [0.29, 0.717) is 11.2 Å². The molecule has 1 N–H and O–H groups in total. The fraction of sp³-hybridized carbons (Fsp3) is 0.385. The first kappa shape index (κ1) is 13.9. The Kier molecular flexibility index (Phi) is 4.09. The maximum absolute atomic E-state index is 11.9. The van der Waals surface area contributed by atoms with Gasteiger partial charge in [-0.3, -0.25) is 4.79 Å². The summed E-state index contributed by atoms with van der Waals surface area (Å²) < 4.78 is 11.0. The van der Waals surface area contributed by atoms with E-state index >= 15 is 0 Å². The molecule has 0 unspecified atom stereocenters. The number of halogens is 1. The second-order valence-electron chi connectivity index (χ2n) is 4.27. The molecule has 0 aromatic carbocycles. The van der Waals surface area contributed by atoms with Gasteiger partial charge in [0.1, 0.15) is 5.76 Å². The number of nitrogens with zero attached hydrogens (tertiary/aromatic N) is 1. The fourth-order valence-electron chi connectivity index (χ4n) is 1.77. The van der Waals surface area contributed by atoms with Crippen molar-refractivity contribution in [3.8, 4) is 0 Å². The predicted molar refractivity (Wildman–Crippen MR) is 72.9 cm³/mol. The zero-order chi connectivity index (χ0) is 14.0. The summed E-state index contributed by atoms with van der Waals surface area (Å²) in [6, 6.07) is 1.70. The number of aryl methyl sites for hydroxylation is 3. The molecule has 0 saturated heterocycles. The molecule has 1 amide bonds. The molecule has 102 valence electrons. The number of rotatable bonds is 4. The third kappa shape index (κ3) is 2.89. The van der Waals surface area contributed by atoms with E-state index in [9.17, 15) is 4.79 Å². The van der Waals surface area contributed by atoms with Crippen molar-refractivity contribution in [1.82, 2.24) is 10.5 Å². The van der Waals surface area contributed by atoms with Gasteiger partial charge in [0.05, 0.1) is 5.69 Å². The molecular weight excluding hydrogens is 312 g/mol. The highest BCUT2D eigenvalue weighted by Crippen LogP contribution is 2.20. The molecule has 0 saturated carbocycles. The van der Waals surface area contributed by atoms with E-state index in [1.165, 1.54) is 0 Å². The summed E-state index contributed by atoms with van der Waals surface area (Å²) in [5, 5.41) is 6.75. The molecule has 2 aromatic rings. The van der Waals surface area contributed by atoms with Crippen LogP contribution in [0.1, 0.15) is 40.1 Å². The third-order valence-corrected chi connectivity index (χ3v) is 3.69. The lowest BCUT2D eigenvalue weighted by Crippen LogP contribution is -2.23. The van der Waals surface area contributed by atoms with Gasteiger partial charge in [0.2, 0.25) is 0 Å². The first-order valence-electron chi connectivity index (χ1n) is 6.01. The molecule has 0 atom stereocenters. The summed E-state index contributed by atoms with van der Waals surface area (Å²) >= 11 is 3.24. The van der Waals surface area contributed by atoms with Crippen molar-refractivity contribution in [3.05, 3.63) is 39.1 Å². The third-order valence-electron chi connectivity index (χ3n) is 2.91. The number of carbonyl (C=O) groups is 1. The number of nitrogens with one attached hydrogen (secondary N) is 1. The maximum Gasteiger partial charge on any atom is 0.287 e. The van der Waals surface area contributed by atoms with Gasteiger partial charge in [-0.15, -0.1) is 0 Å². The highest BCUT2D eigenvalue weighted by atomic mass is 79.9. The molecule has 2 heterocycles. The van der Waals surface area contributed by atoms with Gasteiger partial charge < -0.3 is 14.3 Å². The Morgan fingerprint density at radius 2 is 2.21 bits per heavy atom. The second kappa shape index (κ2) is 5.61. The lowest BCUT2D eigenvalue weighted by Gasteiger charge is -2.03. The van der Waals surface area contributed by atoms with Gasteiger partial charge in [0.25, 0.3) is 5.91 Å². The minimum absolute atomic E-state index is 0.253. The van der Waals surface area contributed by atoms with Crippen LogP contribution in [0.15, 0.2) is 19.7 Å². The topological polar surface area (TPSA) is 68.3 Å². The molecule has 0 aliphatic rings. The Morgan fingerprint density at radius 3 is 2.79 bits per heavy atom. The highest BCUT2D eigenvalue weighted by Gasteiger charge is 2.16. The number of hydrogen-bond donors (Lipinski definition) is 1. The molecule has 5 nitrogen and oxygen atoms in total. The Morgan fingerprint density at radius 1 is 1.47 bits per heavy atom. The Labute approximate surface area is 119 Å². The van der Waals surface area contributed by atoms with E-state index in [2.05, 4.69) is 26.4 Å². The molecule has 0 bridgehead atoms. The normalized spacial score (nSPS) is 10.7.